The van der Waals surface area contributed by atoms with E-state index in [-0.39, 0.29) is 5.38 Å². The third-order valence-corrected chi connectivity index (χ3v) is 2.67. The summed E-state index contributed by atoms with van der Waals surface area (Å²) in [6.45, 7) is 5.74. The monoisotopic (exact) mass is 204 g/mol. The summed E-state index contributed by atoms with van der Waals surface area (Å²) in [5.74, 6) is 0. The first kappa shape index (κ1) is 13.0. The second kappa shape index (κ2) is 8.58. The van der Waals surface area contributed by atoms with Crippen molar-refractivity contribution in [3.8, 4) is 0 Å². The molecule has 0 aromatic heterocycles. The fraction of sp³-hybridized carbons (Fsp3) is 0.818. The molecule has 0 aliphatic carbocycles. The molecule has 0 aromatic rings. The van der Waals surface area contributed by atoms with Crippen LogP contribution in [-0.2, 0) is 0 Å². The van der Waals surface area contributed by atoms with Gasteiger partial charge in [-0.25, -0.2) is 0 Å². The Morgan fingerprint density at radius 1 is 1.31 bits per heavy atom. The van der Waals surface area contributed by atoms with Crippen molar-refractivity contribution in [1.82, 2.24) is 0 Å². The standard InChI is InChI=1S/C11H21ClO/c1-3-5-6-7-8-9-11(13)10(12)4-2/h4,10-11,13H,2-3,5-9H2,1H3/t10-,11-/m1/s1. The summed E-state index contributed by atoms with van der Waals surface area (Å²) in [6, 6.07) is 0. The first-order valence-corrected chi connectivity index (χ1v) is 5.60. The van der Waals surface area contributed by atoms with Gasteiger partial charge in [0.05, 0.1) is 11.5 Å². The van der Waals surface area contributed by atoms with Crippen molar-refractivity contribution in [2.45, 2.75) is 56.9 Å². The van der Waals surface area contributed by atoms with E-state index in [1.807, 2.05) is 0 Å². The minimum atomic E-state index is -0.416. The van der Waals surface area contributed by atoms with Crippen LogP contribution in [0, 0.1) is 0 Å². The van der Waals surface area contributed by atoms with Crippen LogP contribution >= 0.6 is 11.6 Å². The molecule has 13 heavy (non-hydrogen) atoms. The largest absolute Gasteiger partial charge is 0.391 e. The van der Waals surface area contributed by atoms with Gasteiger partial charge < -0.3 is 5.11 Å². The van der Waals surface area contributed by atoms with Crippen LogP contribution in [0.1, 0.15) is 45.4 Å². The van der Waals surface area contributed by atoms with Crippen LogP contribution < -0.4 is 0 Å². The Bertz CT molecular complexity index is 125. The quantitative estimate of drug-likeness (QED) is 0.365. The molecular weight excluding hydrogens is 184 g/mol. The Morgan fingerprint density at radius 2 is 1.92 bits per heavy atom. The lowest BCUT2D eigenvalue weighted by Gasteiger charge is -2.12. The van der Waals surface area contributed by atoms with Crippen molar-refractivity contribution in [3.05, 3.63) is 12.7 Å². The molecule has 0 aromatic carbocycles. The van der Waals surface area contributed by atoms with Crippen molar-refractivity contribution in [3.63, 3.8) is 0 Å². The van der Waals surface area contributed by atoms with Crippen molar-refractivity contribution >= 4 is 11.6 Å². The third kappa shape index (κ3) is 7.09. The number of aliphatic hydroxyl groups is 1. The molecule has 0 aliphatic rings. The SMILES string of the molecule is C=C[C@@H](Cl)[C@H](O)CCCCCCC. The zero-order valence-corrected chi connectivity index (χ0v) is 9.26. The summed E-state index contributed by atoms with van der Waals surface area (Å²) in [6.07, 6.45) is 8.06. The van der Waals surface area contributed by atoms with Gasteiger partial charge in [-0.05, 0) is 6.42 Å². The highest BCUT2D eigenvalue weighted by Gasteiger charge is 2.11. The van der Waals surface area contributed by atoms with E-state index < -0.39 is 6.10 Å². The van der Waals surface area contributed by atoms with Crippen LogP contribution in [-0.4, -0.2) is 16.6 Å². The number of hydrogen-bond acceptors (Lipinski definition) is 1. The summed E-state index contributed by atoms with van der Waals surface area (Å²) in [5.41, 5.74) is 0. The van der Waals surface area contributed by atoms with E-state index in [0.717, 1.165) is 12.8 Å². The summed E-state index contributed by atoms with van der Waals surface area (Å²) in [5, 5.41) is 9.19. The Balaban J connectivity index is 3.26. The van der Waals surface area contributed by atoms with Crippen molar-refractivity contribution in [2.75, 3.05) is 0 Å². The Hall–Kier alpha value is -0.0100. The molecule has 0 spiro atoms. The highest BCUT2D eigenvalue weighted by Crippen LogP contribution is 2.13. The van der Waals surface area contributed by atoms with Crippen molar-refractivity contribution < 1.29 is 5.11 Å². The number of rotatable bonds is 8. The molecule has 78 valence electrons. The summed E-state index contributed by atoms with van der Waals surface area (Å²) < 4.78 is 0. The van der Waals surface area contributed by atoms with Crippen LogP contribution in [0.3, 0.4) is 0 Å². The van der Waals surface area contributed by atoms with E-state index in [4.69, 9.17) is 11.6 Å². The van der Waals surface area contributed by atoms with Crippen LogP contribution in [0.15, 0.2) is 12.7 Å². The maximum absolute atomic E-state index is 9.47. The van der Waals surface area contributed by atoms with E-state index in [0.29, 0.717) is 0 Å². The van der Waals surface area contributed by atoms with Gasteiger partial charge >= 0.3 is 0 Å². The number of halogens is 1. The summed E-state index contributed by atoms with van der Waals surface area (Å²) >= 11 is 5.79. The van der Waals surface area contributed by atoms with Gasteiger partial charge in [0.15, 0.2) is 0 Å². The van der Waals surface area contributed by atoms with E-state index in [9.17, 15) is 5.11 Å². The minimum absolute atomic E-state index is 0.286. The molecule has 0 radical (unpaired) electrons. The fourth-order valence-corrected chi connectivity index (χ4v) is 1.40. The first-order chi connectivity index (χ1) is 6.22. The maximum atomic E-state index is 9.47. The molecule has 0 heterocycles. The average molecular weight is 205 g/mol. The van der Waals surface area contributed by atoms with Crippen molar-refractivity contribution in [2.24, 2.45) is 0 Å². The second-order valence-electron chi connectivity index (χ2n) is 3.45. The second-order valence-corrected chi connectivity index (χ2v) is 3.95. The van der Waals surface area contributed by atoms with E-state index in [1.165, 1.54) is 25.7 Å². The minimum Gasteiger partial charge on any atom is -0.391 e. The Kier molecular flexibility index (Phi) is 8.58. The topological polar surface area (TPSA) is 20.2 Å². The van der Waals surface area contributed by atoms with Crippen LogP contribution in [0.4, 0.5) is 0 Å². The lowest BCUT2D eigenvalue weighted by atomic mass is 10.1. The zero-order valence-electron chi connectivity index (χ0n) is 8.51. The number of alkyl halides is 1. The van der Waals surface area contributed by atoms with Gasteiger partial charge in [0.2, 0.25) is 0 Å². The van der Waals surface area contributed by atoms with Gasteiger partial charge in [0.1, 0.15) is 0 Å². The normalized spacial score (nSPS) is 15.3. The number of aliphatic hydroxyl groups excluding tert-OH is 1. The fourth-order valence-electron chi connectivity index (χ4n) is 1.27. The lowest BCUT2D eigenvalue weighted by Crippen LogP contribution is -2.18. The predicted octanol–water partition coefficient (Wildman–Crippen LogP) is 3.50. The smallest absolute Gasteiger partial charge is 0.0772 e. The van der Waals surface area contributed by atoms with E-state index in [2.05, 4.69) is 13.5 Å². The van der Waals surface area contributed by atoms with Gasteiger partial charge in [-0.15, -0.1) is 18.2 Å². The van der Waals surface area contributed by atoms with Gasteiger partial charge in [-0.2, -0.15) is 0 Å². The number of hydrogen-bond donors (Lipinski definition) is 1. The molecule has 2 atom stereocenters. The Labute approximate surface area is 86.8 Å². The molecule has 0 unspecified atom stereocenters. The lowest BCUT2D eigenvalue weighted by molar-refractivity contribution is 0.167. The summed E-state index contributed by atoms with van der Waals surface area (Å²) in [7, 11) is 0. The zero-order chi connectivity index (χ0) is 10.1. The molecule has 0 bridgehead atoms. The van der Waals surface area contributed by atoms with Crippen LogP contribution in [0.25, 0.3) is 0 Å². The molecule has 0 amide bonds. The molecule has 2 heteroatoms. The van der Waals surface area contributed by atoms with Crippen LogP contribution in [0.5, 0.6) is 0 Å². The highest BCUT2D eigenvalue weighted by atomic mass is 35.5. The molecule has 0 aliphatic heterocycles. The molecule has 0 saturated carbocycles. The summed E-state index contributed by atoms with van der Waals surface area (Å²) in [4.78, 5) is 0. The van der Waals surface area contributed by atoms with Crippen molar-refractivity contribution in [1.29, 1.82) is 0 Å². The number of unbranched alkanes of at least 4 members (excludes halogenated alkanes) is 4. The van der Waals surface area contributed by atoms with Gasteiger partial charge in [-0.3, -0.25) is 0 Å². The molecule has 0 saturated heterocycles. The molecule has 1 N–H and O–H groups in total. The highest BCUT2D eigenvalue weighted by molar-refractivity contribution is 6.22. The molecule has 0 fully saturated rings. The molecule has 0 rings (SSSR count). The van der Waals surface area contributed by atoms with E-state index in [1.54, 1.807) is 6.08 Å². The average Bonchev–Trinajstić information content (AvgIpc) is 2.16. The van der Waals surface area contributed by atoms with E-state index >= 15 is 0 Å². The first-order valence-electron chi connectivity index (χ1n) is 5.17. The molecule has 1 nitrogen and oxygen atoms in total. The van der Waals surface area contributed by atoms with Crippen LogP contribution in [0.2, 0.25) is 0 Å². The molecular formula is C11H21ClO. The van der Waals surface area contributed by atoms with Gasteiger partial charge in [0, 0.05) is 0 Å². The Morgan fingerprint density at radius 3 is 2.46 bits per heavy atom. The predicted molar refractivity (Wildman–Crippen MR) is 59.2 cm³/mol. The maximum Gasteiger partial charge on any atom is 0.0772 e. The third-order valence-electron chi connectivity index (χ3n) is 2.20. The van der Waals surface area contributed by atoms with Gasteiger partial charge in [-0.1, -0.05) is 45.1 Å². The van der Waals surface area contributed by atoms with Gasteiger partial charge in [0.25, 0.3) is 0 Å².